The number of nitrogens with one attached hydrogen (secondary N) is 1. The molecule has 0 spiro atoms. The highest BCUT2D eigenvalue weighted by atomic mass is 16.3. The Morgan fingerprint density at radius 3 is 2.40 bits per heavy atom. The summed E-state index contributed by atoms with van der Waals surface area (Å²) >= 11 is 0. The van der Waals surface area contributed by atoms with Gasteiger partial charge >= 0.3 is 0 Å². The van der Waals surface area contributed by atoms with E-state index >= 15 is 0 Å². The van der Waals surface area contributed by atoms with E-state index in [0.29, 0.717) is 12.6 Å². The molecule has 1 atom stereocenters. The minimum atomic E-state index is -0.478. The highest BCUT2D eigenvalue weighted by Crippen LogP contribution is 2.28. The summed E-state index contributed by atoms with van der Waals surface area (Å²) in [6, 6.07) is 9.19. The highest BCUT2D eigenvalue weighted by Gasteiger charge is 2.29. The van der Waals surface area contributed by atoms with Crippen LogP contribution in [0.25, 0.3) is 0 Å². The lowest BCUT2D eigenvalue weighted by molar-refractivity contribution is 0.00300. The molecule has 2 nitrogen and oxygen atoms in total. The second-order valence-electron chi connectivity index (χ2n) is 6.38. The van der Waals surface area contributed by atoms with E-state index in [0.717, 1.165) is 32.1 Å². The Morgan fingerprint density at radius 2 is 1.80 bits per heavy atom. The Hall–Kier alpha value is -0.860. The fourth-order valence-electron chi connectivity index (χ4n) is 3.11. The van der Waals surface area contributed by atoms with Crippen LogP contribution in [-0.4, -0.2) is 17.3 Å². The van der Waals surface area contributed by atoms with Crippen LogP contribution in [0, 0.1) is 0 Å². The van der Waals surface area contributed by atoms with Crippen molar-refractivity contribution in [1.82, 2.24) is 5.32 Å². The van der Waals surface area contributed by atoms with Crippen molar-refractivity contribution in [3.8, 4) is 0 Å². The Kier molecular flexibility index (Phi) is 5.62. The van der Waals surface area contributed by atoms with Crippen molar-refractivity contribution in [2.45, 2.75) is 70.4 Å². The summed E-state index contributed by atoms with van der Waals surface area (Å²) in [5, 5.41) is 14.0. The standard InChI is InChI=1S/C18H29NO/c1-3-7-16-8-10-17(11-9-16)15(2)19-14-18(20)12-5-4-6-13-18/h8-11,15,19-20H,3-7,12-14H2,1-2H3. The molecule has 0 radical (unpaired) electrons. The maximum absolute atomic E-state index is 10.5. The van der Waals surface area contributed by atoms with Gasteiger partial charge in [-0.15, -0.1) is 0 Å². The maximum atomic E-state index is 10.5. The Bertz CT molecular complexity index is 392. The van der Waals surface area contributed by atoms with Gasteiger partial charge in [-0.1, -0.05) is 56.9 Å². The smallest absolute Gasteiger partial charge is 0.0771 e. The highest BCUT2D eigenvalue weighted by molar-refractivity contribution is 5.24. The monoisotopic (exact) mass is 275 g/mol. The fourth-order valence-corrected chi connectivity index (χ4v) is 3.11. The van der Waals surface area contributed by atoms with Gasteiger partial charge in [0, 0.05) is 12.6 Å². The summed E-state index contributed by atoms with van der Waals surface area (Å²) in [7, 11) is 0. The van der Waals surface area contributed by atoms with Crippen LogP contribution < -0.4 is 5.32 Å². The van der Waals surface area contributed by atoms with E-state index in [2.05, 4.69) is 43.4 Å². The van der Waals surface area contributed by atoms with Crippen LogP contribution in [0.15, 0.2) is 24.3 Å². The van der Waals surface area contributed by atoms with Crippen molar-refractivity contribution in [3.05, 3.63) is 35.4 Å². The summed E-state index contributed by atoms with van der Waals surface area (Å²) in [6.07, 6.45) is 7.85. The Labute approximate surface area is 123 Å². The van der Waals surface area contributed by atoms with Gasteiger partial charge in [-0.2, -0.15) is 0 Å². The number of hydrogen-bond acceptors (Lipinski definition) is 2. The van der Waals surface area contributed by atoms with Crippen LogP contribution in [0.1, 0.15) is 69.5 Å². The molecule has 1 aromatic carbocycles. The van der Waals surface area contributed by atoms with Crippen LogP contribution in [0.5, 0.6) is 0 Å². The van der Waals surface area contributed by atoms with E-state index in [9.17, 15) is 5.11 Å². The molecular weight excluding hydrogens is 246 g/mol. The van der Waals surface area contributed by atoms with Crippen molar-refractivity contribution in [2.75, 3.05) is 6.54 Å². The Balaban J connectivity index is 1.86. The summed E-state index contributed by atoms with van der Waals surface area (Å²) in [6.45, 7) is 5.11. The first-order chi connectivity index (χ1) is 9.63. The average Bonchev–Trinajstić information content (AvgIpc) is 2.47. The maximum Gasteiger partial charge on any atom is 0.0771 e. The van der Waals surface area contributed by atoms with Gasteiger partial charge in [-0.3, -0.25) is 0 Å². The zero-order chi connectivity index (χ0) is 14.4. The van der Waals surface area contributed by atoms with Gasteiger partial charge in [0.25, 0.3) is 0 Å². The zero-order valence-corrected chi connectivity index (χ0v) is 13.0. The number of aryl methyl sites for hydroxylation is 1. The molecule has 20 heavy (non-hydrogen) atoms. The van der Waals surface area contributed by atoms with Gasteiger partial charge in [-0.25, -0.2) is 0 Å². The van der Waals surface area contributed by atoms with Gasteiger partial charge < -0.3 is 10.4 Å². The molecule has 2 rings (SSSR count). The molecule has 1 fully saturated rings. The molecule has 0 saturated heterocycles. The van der Waals surface area contributed by atoms with Crippen molar-refractivity contribution in [3.63, 3.8) is 0 Å². The van der Waals surface area contributed by atoms with Crippen LogP contribution in [0.3, 0.4) is 0 Å². The molecule has 2 heteroatoms. The second kappa shape index (κ2) is 7.24. The topological polar surface area (TPSA) is 32.3 Å². The minimum Gasteiger partial charge on any atom is -0.389 e. The van der Waals surface area contributed by atoms with Crippen LogP contribution in [0.4, 0.5) is 0 Å². The lowest BCUT2D eigenvalue weighted by Crippen LogP contribution is -2.42. The molecule has 1 aromatic rings. The molecule has 112 valence electrons. The molecule has 0 amide bonds. The van der Waals surface area contributed by atoms with Crippen LogP contribution in [0.2, 0.25) is 0 Å². The normalized spacial score (nSPS) is 19.8. The SMILES string of the molecule is CCCc1ccc(C(C)NCC2(O)CCCCC2)cc1. The van der Waals surface area contributed by atoms with Crippen molar-refractivity contribution in [1.29, 1.82) is 0 Å². The molecular formula is C18H29NO. The zero-order valence-electron chi connectivity index (χ0n) is 13.0. The molecule has 0 aromatic heterocycles. The first-order valence-electron chi connectivity index (χ1n) is 8.17. The van der Waals surface area contributed by atoms with Crippen molar-refractivity contribution in [2.24, 2.45) is 0 Å². The van der Waals surface area contributed by atoms with E-state index in [1.807, 2.05) is 0 Å². The van der Waals surface area contributed by atoms with Crippen LogP contribution in [-0.2, 0) is 6.42 Å². The summed E-state index contributed by atoms with van der Waals surface area (Å²) in [4.78, 5) is 0. The largest absolute Gasteiger partial charge is 0.389 e. The Morgan fingerprint density at radius 1 is 1.15 bits per heavy atom. The van der Waals surface area contributed by atoms with Gasteiger partial charge in [0.2, 0.25) is 0 Å². The molecule has 2 N–H and O–H groups in total. The summed E-state index contributed by atoms with van der Waals surface area (Å²) in [5.41, 5.74) is 2.24. The van der Waals surface area contributed by atoms with Gasteiger partial charge in [-0.05, 0) is 37.3 Å². The third kappa shape index (κ3) is 4.32. The number of benzene rings is 1. The summed E-state index contributed by atoms with van der Waals surface area (Å²) in [5.74, 6) is 0. The van der Waals surface area contributed by atoms with Gasteiger partial charge in [0.15, 0.2) is 0 Å². The number of rotatable bonds is 6. The quantitative estimate of drug-likeness (QED) is 0.823. The lowest BCUT2D eigenvalue weighted by atomic mass is 9.84. The number of aliphatic hydroxyl groups is 1. The van der Waals surface area contributed by atoms with Crippen LogP contribution >= 0.6 is 0 Å². The first-order valence-corrected chi connectivity index (χ1v) is 8.17. The molecule has 1 saturated carbocycles. The molecule has 1 aliphatic carbocycles. The molecule has 0 bridgehead atoms. The van der Waals surface area contributed by atoms with Crippen molar-refractivity contribution < 1.29 is 5.11 Å². The molecule has 1 unspecified atom stereocenters. The van der Waals surface area contributed by atoms with Gasteiger partial charge in [0.1, 0.15) is 0 Å². The third-order valence-corrected chi connectivity index (χ3v) is 4.54. The average molecular weight is 275 g/mol. The molecule has 0 aliphatic heterocycles. The minimum absolute atomic E-state index is 0.302. The first kappa shape index (κ1) is 15.5. The lowest BCUT2D eigenvalue weighted by Gasteiger charge is -2.33. The third-order valence-electron chi connectivity index (χ3n) is 4.54. The predicted molar refractivity (Wildman–Crippen MR) is 84.9 cm³/mol. The van der Waals surface area contributed by atoms with Gasteiger partial charge in [0.05, 0.1) is 5.60 Å². The van der Waals surface area contributed by atoms with E-state index in [-0.39, 0.29) is 0 Å². The van der Waals surface area contributed by atoms with E-state index in [1.165, 1.54) is 24.0 Å². The van der Waals surface area contributed by atoms with Crippen molar-refractivity contribution >= 4 is 0 Å². The molecule has 1 aliphatic rings. The molecule has 0 heterocycles. The number of hydrogen-bond donors (Lipinski definition) is 2. The second-order valence-corrected chi connectivity index (χ2v) is 6.38. The van der Waals surface area contributed by atoms with E-state index in [4.69, 9.17) is 0 Å². The summed E-state index contributed by atoms with van der Waals surface area (Å²) < 4.78 is 0. The van der Waals surface area contributed by atoms with E-state index < -0.39 is 5.60 Å². The predicted octanol–water partition coefficient (Wildman–Crippen LogP) is 3.98. The van der Waals surface area contributed by atoms with E-state index in [1.54, 1.807) is 0 Å². The fraction of sp³-hybridized carbons (Fsp3) is 0.667.